The van der Waals surface area contributed by atoms with Crippen molar-refractivity contribution in [2.24, 2.45) is 34.5 Å². The molecule has 8 rings (SSSR count). The molecule has 0 spiro atoms. The lowest BCUT2D eigenvalue weighted by molar-refractivity contribution is -0.367. The van der Waals surface area contributed by atoms with E-state index in [1.54, 1.807) is 6.92 Å². The normalized spacial score (nSPS) is 52.8. The molecule has 364 valence electrons. The van der Waals surface area contributed by atoms with Crippen LogP contribution in [0.5, 0.6) is 0 Å². The molecule has 0 bridgehead atoms. The zero-order valence-electron chi connectivity index (χ0n) is 37.0. The predicted molar refractivity (Wildman–Crippen MR) is 214 cm³/mol. The molecule has 7 fully saturated rings. The molecule has 0 aromatic heterocycles. The fourth-order valence-electron chi connectivity index (χ4n) is 13.3. The van der Waals surface area contributed by atoms with Crippen LogP contribution in [-0.2, 0) is 52.2 Å². The Labute approximate surface area is 371 Å². The zero-order chi connectivity index (χ0) is 46.2. The number of methoxy groups -OCH3 is 1. The number of hydrogen-bond donors (Lipinski definition) is 9. The average Bonchev–Trinajstić information content (AvgIpc) is 3.77. The molecular weight excluding hydrogens is 848 g/mol. The summed E-state index contributed by atoms with van der Waals surface area (Å²) in [7, 11) is 1.37. The second-order valence-electron chi connectivity index (χ2n) is 20.1. The van der Waals surface area contributed by atoms with Crippen molar-refractivity contribution in [3.63, 3.8) is 0 Å². The molecule has 64 heavy (non-hydrogen) atoms. The number of carbonyl (C=O) groups is 2. The molecule has 24 atom stereocenters. The molecule has 0 aromatic rings. The van der Waals surface area contributed by atoms with Gasteiger partial charge in [0, 0.05) is 37.9 Å². The monoisotopic (exact) mass is 916 g/mol. The van der Waals surface area contributed by atoms with E-state index < -0.39 is 134 Å². The highest BCUT2D eigenvalue weighted by Crippen LogP contribution is 2.70. The third-order valence-electron chi connectivity index (χ3n) is 16.8. The largest absolute Gasteiger partial charge is 0.462 e. The third kappa shape index (κ3) is 8.27. The molecule has 3 saturated heterocycles. The standard InChI is InChI=1S/C44H68O20/c1-18-37(64-40-35(53)33(51)31(49)27(63-40)17-58-39-34(52)32(50)30(48)26(15-45)62-39)38(56-5)36(54)41(59-18)61-22-8-10-42(3)21(13-22)6-7-24-23(42)9-11-43(4)29(20-12-28(47)57-16-20)25(60-19(2)46)14-44(24,43)55/h12,18,21-27,29-41,45,48-55H,6-11,13-17H2,1-5H3/t18-,21-,22+,23+,24-,25+,26-,27-,29+,30-,31-,32+,33+,34-,35-,36-,37+,38-,39-,40+,41+,42+,43-,44+/m1/s1. The maximum absolute atomic E-state index is 12.9. The molecule has 0 unspecified atom stereocenters. The van der Waals surface area contributed by atoms with Gasteiger partial charge in [0.05, 0.1) is 31.0 Å². The first-order chi connectivity index (χ1) is 30.3. The fraction of sp³-hybridized carbons (Fsp3) is 0.909. The van der Waals surface area contributed by atoms with Crippen LogP contribution in [0.3, 0.4) is 0 Å². The molecular formula is C44H68O20. The van der Waals surface area contributed by atoms with E-state index in [1.165, 1.54) is 20.1 Å². The van der Waals surface area contributed by atoms with Gasteiger partial charge in [-0.2, -0.15) is 0 Å². The Morgan fingerprint density at radius 1 is 0.797 bits per heavy atom. The zero-order valence-corrected chi connectivity index (χ0v) is 37.0. The maximum atomic E-state index is 12.9. The summed E-state index contributed by atoms with van der Waals surface area (Å²) in [6, 6.07) is 0. The molecule has 4 saturated carbocycles. The van der Waals surface area contributed by atoms with Gasteiger partial charge in [-0.05, 0) is 80.6 Å². The molecule has 9 N–H and O–H groups in total. The van der Waals surface area contributed by atoms with Crippen LogP contribution in [0.1, 0.15) is 79.1 Å². The van der Waals surface area contributed by atoms with E-state index in [9.17, 15) is 55.5 Å². The van der Waals surface area contributed by atoms with Crippen LogP contribution in [0.2, 0.25) is 0 Å². The number of aliphatic hydroxyl groups is 9. The van der Waals surface area contributed by atoms with Crippen LogP contribution in [0.15, 0.2) is 11.6 Å². The molecule has 0 amide bonds. The van der Waals surface area contributed by atoms with Crippen molar-refractivity contribution in [1.29, 1.82) is 0 Å². The number of fused-ring (bicyclic) bond motifs is 5. The summed E-state index contributed by atoms with van der Waals surface area (Å²) < 4.78 is 52.5. The second kappa shape index (κ2) is 18.5. The summed E-state index contributed by atoms with van der Waals surface area (Å²) in [5, 5.41) is 97.1. The Bertz CT molecular complexity index is 1720. The molecule has 20 nitrogen and oxygen atoms in total. The van der Waals surface area contributed by atoms with Gasteiger partial charge in [0.1, 0.15) is 79.9 Å². The predicted octanol–water partition coefficient (Wildman–Crippen LogP) is -1.70. The lowest BCUT2D eigenvalue weighted by Gasteiger charge is -2.63. The molecule has 4 heterocycles. The first-order valence-electron chi connectivity index (χ1n) is 22.8. The van der Waals surface area contributed by atoms with Crippen LogP contribution in [0.25, 0.3) is 0 Å². The Morgan fingerprint density at radius 3 is 2.12 bits per heavy atom. The van der Waals surface area contributed by atoms with Crippen molar-refractivity contribution in [3.8, 4) is 0 Å². The van der Waals surface area contributed by atoms with Gasteiger partial charge in [0.25, 0.3) is 0 Å². The van der Waals surface area contributed by atoms with E-state index in [1.807, 2.05) is 0 Å². The van der Waals surface area contributed by atoms with Crippen LogP contribution < -0.4 is 0 Å². The summed E-state index contributed by atoms with van der Waals surface area (Å²) in [4.78, 5) is 24.5. The van der Waals surface area contributed by atoms with Crippen molar-refractivity contribution in [2.75, 3.05) is 26.9 Å². The minimum absolute atomic E-state index is 0.0447. The number of rotatable bonds is 11. The minimum Gasteiger partial charge on any atom is -0.462 e. The van der Waals surface area contributed by atoms with Crippen molar-refractivity contribution in [3.05, 3.63) is 11.6 Å². The van der Waals surface area contributed by atoms with Crippen LogP contribution >= 0.6 is 0 Å². The van der Waals surface area contributed by atoms with Crippen molar-refractivity contribution < 1.29 is 98.2 Å². The van der Waals surface area contributed by atoms with E-state index in [0.717, 1.165) is 31.3 Å². The van der Waals surface area contributed by atoms with Crippen molar-refractivity contribution in [1.82, 2.24) is 0 Å². The van der Waals surface area contributed by atoms with Crippen LogP contribution in [-0.4, -0.2) is 195 Å². The summed E-state index contributed by atoms with van der Waals surface area (Å²) in [5.41, 5.74) is -1.11. The number of aliphatic hydroxyl groups excluding tert-OH is 8. The Kier molecular flexibility index (Phi) is 14.0. The van der Waals surface area contributed by atoms with Gasteiger partial charge in [0.2, 0.25) is 0 Å². The highest BCUT2D eigenvalue weighted by Gasteiger charge is 2.71. The number of hydrogen-bond acceptors (Lipinski definition) is 20. The quantitative estimate of drug-likeness (QED) is 0.0825. The van der Waals surface area contributed by atoms with E-state index in [0.29, 0.717) is 25.7 Å². The highest BCUT2D eigenvalue weighted by atomic mass is 16.8. The number of ether oxygens (including phenoxy) is 9. The third-order valence-corrected chi connectivity index (χ3v) is 16.8. The smallest absolute Gasteiger partial charge is 0.331 e. The van der Waals surface area contributed by atoms with Crippen molar-refractivity contribution in [2.45, 2.75) is 189 Å². The number of carbonyl (C=O) groups excluding carboxylic acids is 2. The molecule has 0 radical (unpaired) electrons. The Morgan fingerprint density at radius 2 is 1.47 bits per heavy atom. The summed E-state index contributed by atoms with van der Waals surface area (Å²) in [5.74, 6) is -0.779. The van der Waals surface area contributed by atoms with Gasteiger partial charge >= 0.3 is 11.9 Å². The summed E-state index contributed by atoms with van der Waals surface area (Å²) in [6.07, 6.45) is -15.2. The average molecular weight is 917 g/mol. The minimum atomic E-state index is -1.79. The summed E-state index contributed by atoms with van der Waals surface area (Å²) >= 11 is 0. The van der Waals surface area contributed by atoms with E-state index in [2.05, 4.69) is 13.8 Å². The van der Waals surface area contributed by atoms with E-state index in [4.69, 9.17) is 42.6 Å². The topological polar surface area (TPSA) is 299 Å². The van der Waals surface area contributed by atoms with Crippen LogP contribution in [0, 0.1) is 34.5 Å². The van der Waals surface area contributed by atoms with Crippen molar-refractivity contribution >= 4 is 11.9 Å². The first kappa shape index (κ1) is 48.5. The maximum Gasteiger partial charge on any atom is 0.331 e. The van der Waals surface area contributed by atoms with Crippen LogP contribution in [0.4, 0.5) is 0 Å². The lowest BCUT2D eigenvalue weighted by Crippen LogP contribution is -2.65. The Balaban J connectivity index is 0.891. The Hall–Kier alpha value is -1.96. The van der Waals surface area contributed by atoms with Gasteiger partial charge in [0.15, 0.2) is 18.9 Å². The molecule has 20 heteroatoms. The summed E-state index contributed by atoms with van der Waals surface area (Å²) in [6.45, 7) is 6.34. The van der Waals surface area contributed by atoms with Gasteiger partial charge in [-0.3, -0.25) is 4.79 Å². The fourth-order valence-corrected chi connectivity index (χ4v) is 13.3. The molecule has 8 aliphatic rings. The van der Waals surface area contributed by atoms with Gasteiger partial charge in [-0.15, -0.1) is 0 Å². The number of esters is 2. The lowest BCUT2D eigenvalue weighted by atomic mass is 9.43. The van der Waals surface area contributed by atoms with Gasteiger partial charge in [-0.1, -0.05) is 13.8 Å². The van der Waals surface area contributed by atoms with Gasteiger partial charge < -0.3 is 88.6 Å². The molecule has 4 aliphatic carbocycles. The number of cyclic esters (lactones) is 1. The van der Waals surface area contributed by atoms with Gasteiger partial charge in [-0.25, -0.2) is 4.79 Å². The molecule has 0 aromatic carbocycles. The van der Waals surface area contributed by atoms with E-state index in [-0.39, 0.29) is 41.8 Å². The second-order valence-corrected chi connectivity index (χ2v) is 20.1. The molecule has 4 aliphatic heterocycles. The first-order valence-corrected chi connectivity index (χ1v) is 22.8. The SMILES string of the molecule is CO[C@@H]1[C@@H](O)[C@H](O[C@H]2CC[C@@]3(C)[C@H](CC[C@@H]4[C@@H]3CC[C@]3(C)[C@@H](C5=CC(=O)OC5)[C@@H](OC(C)=O)C[C@]43O)C2)O[C@H](C)[C@@H]1O[C@@H]1O[C@H](CO[C@@H]2O[C@H](CO)[C@@H](O)[C@H](O)[C@H]2O)[C@@H](O)[C@H](O)[C@H]1O. The van der Waals surface area contributed by atoms with E-state index >= 15 is 0 Å². The highest BCUT2D eigenvalue weighted by molar-refractivity contribution is 5.85.